The Balaban J connectivity index is 2.75. The number of hydrogen-bond donors (Lipinski definition) is 1. The highest BCUT2D eigenvalue weighted by atomic mass is 79.9. The third-order valence-corrected chi connectivity index (χ3v) is 3.31. The molecule has 1 aromatic rings. The first-order chi connectivity index (χ1) is 6.65. The molecule has 0 atom stereocenters. The summed E-state index contributed by atoms with van der Waals surface area (Å²) in [6.07, 6.45) is 2.05. The second kappa shape index (κ2) is 5.88. The minimum absolute atomic E-state index is 0.697. The van der Waals surface area contributed by atoms with E-state index in [1.165, 1.54) is 0 Å². The first-order valence-corrected chi connectivity index (χ1v) is 6.99. The molecule has 0 bridgehead atoms. The van der Waals surface area contributed by atoms with Gasteiger partial charge in [0.15, 0.2) is 0 Å². The van der Waals surface area contributed by atoms with Crippen LogP contribution in [0.4, 0.5) is 5.69 Å². The number of anilines is 1. The van der Waals surface area contributed by atoms with E-state index in [1.54, 1.807) is 11.8 Å². The zero-order chi connectivity index (χ0) is 10.6. The van der Waals surface area contributed by atoms with Crippen LogP contribution in [0.25, 0.3) is 0 Å². The van der Waals surface area contributed by atoms with Crippen LogP contribution in [-0.4, -0.2) is 18.6 Å². The zero-order valence-electron chi connectivity index (χ0n) is 7.72. The summed E-state index contributed by atoms with van der Waals surface area (Å²) in [5.41, 5.74) is 6.37. The van der Waals surface area contributed by atoms with Gasteiger partial charge >= 0.3 is 0 Å². The normalized spacial score (nSPS) is 10.2. The summed E-state index contributed by atoms with van der Waals surface area (Å²) in [5, 5.41) is 0. The molecule has 0 saturated heterocycles. The molecule has 78 valence electrons. The predicted molar refractivity (Wildman–Crippen MR) is 70.1 cm³/mol. The third-order valence-electron chi connectivity index (χ3n) is 1.55. The first-order valence-electron chi connectivity index (χ1n) is 4.01. The maximum atomic E-state index is 5.66. The second-order valence-corrected chi connectivity index (χ2v) is 5.35. The molecule has 2 nitrogen and oxygen atoms in total. The first kappa shape index (κ1) is 12.2. The molecule has 0 aliphatic heterocycles. The van der Waals surface area contributed by atoms with Gasteiger partial charge in [0.2, 0.25) is 0 Å². The van der Waals surface area contributed by atoms with Gasteiger partial charge in [-0.05, 0) is 50.2 Å². The highest BCUT2D eigenvalue weighted by Crippen LogP contribution is 2.35. The summed E-state index contributed by atoms with van der Waals surface area (Å²) in [6, 6.07) is 3.67. The van der Waals surface area contributed by atoms with E-state index < -0.39 is 0 Å². The molecule has 5 heteroatoms. The Morgan fingerprint density at radius 1 is 1.36 bits per heavy atom. The Morgan fingerprint density at radius 3 is 2.43 bits per heavy atom. The standard InChI is InChI=1S/C9H11Br2NOS/c1-14-3-2-13-9-7(10)4-6(12)5-8(9)11/h4-5H,2-3,12H2,1H3. The smallest absolute Gasteiger partial charge is 0.147 e. The molecule has 2 N–H and O–H groups in total. The number of benzene rings is 1. The van der Waals surface area contributed by atoms with Crippen molar-refractivity contribution in [2.45, 2.75) is 0 Å². The lowest BCUT2D eigenvalue weighted by Crippen LogP contribution is -2.01. The van der Waals surface area contributed by atoms with E-state index in [0.29, 0.717) is 12.3 Å². The Kier molecular flexibility index (Phi) is 5.12. The molecular formula is C9H11Br2NOS. The van der Waals surface area contributed by atoms with E-state index in [9.17, 15) is 0 Å². The Labute approximate surface area is 105 Å². The van der Waals surface area contributed by atoms with Gasteiger partial charge in [-0.1, -0.05) is 0 Å². The van der Waals surface area contributed by atoms with Gasteiger partial charge in [-0.15, -0.1) is 0 Å². The number of ether oxygens (including phenoxy) is 1. The lowest BCUT2D eigenvalue weighted by molar-refractivity contribution is 0.340. The van der Waals surface area contributed by atoms with E-state index in [0.717, 1.165) is 20.4 Å². The molecule has 0 unspecified atom stereocenters. The lowest BCUT2D eigenvalue weighted by atomic mass is 10.3. The Morgan fingerprint density at radius 2 is 1.93 bits per heavy atom. The predicted octanol–water partition coefficient (Wildman–Crippen LogP) is 3.54. The van der Waals surface area contributed by atoms with Gasteiger partial charge < -0.3 is 10.5 Å². The molecule has 0 aromatic heterocycles. The van der Waals surface area contributed by atoms with Crippen LogP contribution in [0.5, 0.6) is 5.75 Å². The summed E-state index contributed by atoms with van der Waals surface area (Å²) in [5.74, 6) is 1.79. The van der Waals surface area contributed by atoms with Gasteiger partial charge in [0.1, 0.15) is 5.75 Å². The van der Waals surface area contributed by atoms with E-state index in [4.69, 9.17) is 10.5 Å². The second-order valence-electron chi connectivity index (χ2n) is 2.65. The number of hydrogen-bond acceptors (Lipinski definition) is 3. The number of rotatable bonds is 4. The van der Waals surface area contributed by atoms with Crippen molar-refractivity contribution in [2.75, 3.05) is 24.3 Å². The molecule has 1 aromatic carbocycles. The van der Waals surface area contributed by atoms with Crippen LogP contribution in [0.15, 0.2) is 21.1 Å². The van der Waals surface area contributed by atoms with Crippen molar-refractivity contribution in [3.8, 4) is 5.75 Å². The van der Waals surface area contributed by atoms with Crippen molar-refractivity contribution in [3.05, 3.63) is 21.1 Å². The molecular weight excluding hydrogens is 330 g/mol. The van der Waals surface area contributed by atoms with Crippen LogP contribution in [0.2, 0.25) is 0 Å². The fourth-order valence-electron chi connectivity index (χ4n) is 0.944. The fraction of sp³-hybridized carbons (Fsp3) is 0.333. The van der Waals surface area contributed by atoms with Crippen molar-refractivity contribution in [1.82, 2.24) is 0 Å². The molecule has 14 heavy (non-hydrogen) atoms. The maximum Gasteiger partial charge on any atom is 0.147 e. The van der Waals surface area contributed by atoms with Gasteiger partial charge in [-0.3, -0.25) is 0 Å². The highest BCUT2D eigenvalue weighted by molar-refractivity contribution is 9.11. The molecule has 0 fully saturated rings. The molecule has 1 rings (SSSR count). The largest absolute Gasteiger partial charge is 0.490 e. The molecule has 0 amide bonds. The van der Waals surface area contributed by atoms with Crippen LogP contribution in [-0.2, 0) is 0 Å². The van der Waals surface area contributed by atoms with E-state index >= 15 is 0 Å². The topological polar surface area (TPSA) is 35.2 Å². The third kappa shape index (κ3) is 3.37. The van der Waals surface area contributed by atoms with Crippen molar-refractivity contribution in [3.63, 3.8) is 0 Å². The van der Waals surface area contributed by atoms with E-state index in [1.807, 2.05) is 12.1 Å². The average Bonchev–Trinajstić information content (AvgIpc) is 2.09. The molecule has 0 aliphatic rings. The van der Waals surface area contributed by atoms with Crippen LogP contribution >= 0.6 is 43.6 Å². The van der Waals surface area contributed by atoms with Crippen molar-refractivity contribution < 1.29 is 4.74 Å². The molecule has 0 saturated carbocycles. The quantitative estimate of drug-likeness (QED) is 0.672. The molecule has 0 aliphatic carbocycles. The average molecular weight is 341 g/mol. The van der Waals surface area contributed by atoms with Crippen LogP contribution < -0.4 is 10.5 Å². The van der Waals surface area contributed by atoms with Gasteiger partial charge in [0.25, 0.3) is 0 Å². The summed E-state index contributed by atoms with van der Waals surface area (Å²) < 4.78 is 7.35. The van der Waals surface area contributed by atoms with Crippen molar-refractivity contribution >= 4 is 49.3 Å². The minimum Gasteiger partial charge on any atom is -0.490 e. The summed E-state index contributed by atoms with van der Waals surface area (Å²) in [4.78, 5) is 0. The monoisotopic (exact) mass is 339 g/mol. The van der Waals surface area contributed by atoms with E-state index in [-0.39, 0.29) is 0 Å². The van der Waals surface area contributed by atoms with Gasteiger partial charge in [-0.2, -0.15) is 11.8 Å². The molecule has 0 heterocycles. The van der Waals surface area contributed by atoms with Crippen molar-refractivity contribution in [2.24, 2.45) is 0 Å². The summed E-state index contributed by atoms with van der Waals surface area (Å²) in [7, 11) is 0. The number of halogens is 2. The van der Waals surface area contributed by atoms with Gasteiger partial charge in [0, 0.05) is 11.4 Å². The van der Waals surface area contributed by atoms with E-state index in [2.05, 4.69) is 38.1 Å². The lowest BCUT2D eigenvalue weighted by Gasteiger charge is -2.10. The van der Waals surface area contributed by atoms with Gasteiger partial charge in [-0.25, -0.2) is 0 Å². The van der Waals surface area contributed by atoms with Crippen LogP contribution in [0, 0.1) is 0 Å². The number of nitrogen functional groups attached to an aromatic ring is 1. The number of nitrogens with two attached hydrogens (primary N) is 1. The molecule has 0 spiro atoms. The summed E-state index contributed by atoms with van der Waals surface area (Å²) >= 11 is 8.57. The zero-order valence-corrected chi connectivity index (χ0v) is 11.7. The minimum atomic E-state index is 0.697. The van der Waals surface area contributed by atoms with Crippen LogP contribution in [0.3, 0.4) is 0 Å². The Hall–Kier alpha value is 0.130. The fourth-order valence-corrected chi connectivity index (χ4v) is 2.65. The summed E-state index contributed by atoms with van der Waals surface area (Å²) in [6.45, 7) is 0.697. The highest BCUT2D eigenvalue weighted by Gasteiger charge is 2.07. The Bertz CT molecular complexity index is 297. The molecule has 0 radical (unpaired) electrons. The van der Waals surface area contributed by atoms with Gasteiger partial charge in [0.05, 0.1) is 15.6 Å². The maximum absolute atomic E-state index is 5.66. The SMILES string of the molecule is CSCCOc1c(Br)cc(N)cc1Br. The van der Waals surface area contributed by atoms with Crippen molar-refractivity contribution in [1.29, 1.82) is 0 Å². The van der Waals surface area contributed by atoms with Crippen LogP contribution in [0.1, 0.15) is 0 Å². The number of thioether (sulfide) groups is 1.